The quantitative estimate of drug-likeness (QED) is 0.680. The first-order chi connectivity index (χ1) is 14.6. The Kier molecular flexibility index (Phi) is 5.69. The normalized spacial score (nSPS) is 29.0. The zero-order valence-corrected chi connectivity index (χ0v) is 18.4. The summed E-state index contributed by atoms with van der Waals surface area (Å²) in [6, 6.07) is 4.47. The summed E-state index contributed by atoms with van der Waals surface area (Å²) in [6.07, 6.45) is 1.56. The van der Waals surface area contributed by atoms with E-state index in [0.717, 1.165) is 19.1 Å². The summed E-state index contributed by atoms with van der Waals surface area (Å²) in [4.78, 5) is 24.7. The molecule has 4 rings (SSSR count). The van der Waals surface area contributed by atoms with Gasteiger partial charge in [-0.15, -0.1) is 0 Å². The summed E-state index contributed by atoms with van der Waals surface area (Å²) in [5.74, 6) is -0.818. The van der Waals surface area contributed by atoms with Gasteiger partial charge in [0.05, 0.1) is 30.6 Å². The average Bonchev–Trinajstić information content (AvgIpc) is 3.29. The summed E-state index contributed by atoms with van der Waals surface area (Å²) in [7, 11) is -3.55. The molecule has 0 aromatic heterocycles. The fraction of sp³-hybridized carbons (Fsp3) is 0.600. The van der Waals surface area contributed by atoms with Crippen LogP contribution < -0.4 is 15.5 Å². The van der Waals surface area contributed by atoms with E-state index in [1.807, 2.05) is 0 Å². The number of hydrogen-bond donors (Lipinski definition) is 2. The number of nitrogens with zero attached hydrogens (tertiary/aromatic N) is 2. The van der Waals surface area contributed by atoms with Crippen molar-refractivity contribution < 1.29 is 27.1 Å². The molecule has 0 saturated carbocycles. The zero-order chi connectivity index (χ0) is 22.4. The van der Waals surface area contributed by atoms with Crippen LogP contribution in [-0.4, -0.2) is 69.8 Å². The number of sulfonamides is 1. The van der Waals surface area contributed by atoms with Gasteiger partial charge in [-0.1, -0.05) is 6.07 Å². The lowest BCUT2D eigenvalue weighted by Crippen LogP contribution is -2.57. The van der Waals surface area contributed by atoms with E-state index in [1.165, 1.54) is 22.2 Å². The van der Waals surface area contributed by atoms with Crippen LogP contribution in [0.25, 0.3) is 0 Å². The van der Waals surface area contributed by atoms with Gasteiger partial charge < -0.3 is 15.4 Å². The number of fused-ring (bicyclic) bond motifs is 1. The van der Waals surface area contributed by atoms with E-state index in [1.54, 1.807) is 12.1 Å². The van der Waals surface area contributed by atoms with Crippen LogP contribution in [0.4, 0.5) is 14.9 Å². The van der Waals surface area contributed by atoms with Gasteiger partial charge in [-0.25, -0.2) is 17.6 Å². The van der Waals surface area contributed by atoms with Crippen molar-refractivity contribution in [2.24, 2.45) is 5.92 Å². The lowest BCUT2D eigenvalue weighted by molar-refractivity contribution is -0.119. The van der Waals surface area contributed by atoms with Crippen molar-refractivity contribution in [2.75, 3.05) is 43.9 Å². The fourth-order valence-corrected chi connectivity index (χ4v) is 6.46. The number of amides is 2. The Morgan fingerprint density at radius 1 is 1.42 bits per heavy atom. The van der Waals surface area contributed by atoms with Crippen LogP contribution in [0.3, 0.4) is 0 Å². The molecule has 3 aliphatic heterocycles. The third kappa shape index (κ3) is 3.90. The van der Waals surface area contributed by atoms with Crippen LogP contribution in [0.1, 0.15) is 25.3 Å². The van der Waals surface area contributed by atoms with Crippen molar-refractivity contribution in [3.05, 3.63) is 29.6 Å². The Labute approximate surface area is 181 Å². The van der Waals surface area contributed by atoms with Gasteiger partial charge in [0.15, 0.2) is 0 Å². The second kappa shape index (κ2) is 8.03. The summed E-state index contributed by atoms with van der Waals surface area (Å²) >= 11 is 0. The molecule has 0 spiro atoms. The van der Waals surface area contributed by atoms with Gasteiger partial charge in [0.25, 0.3) is 0 Å². The molecule has 11 heteroatoms. The molecule has 0 bridgehead atoms. The highest BCUT2D eigenvalue weighted by atomic mass is 32.2. The van der Waals surface area contributed by atoms with Crippen LogP contribution >= 0.6 is 0 Å². The number of ether oxygens (including phenoxy) is 1. The van der Waals surface area contributed by atoms with E-state index in [0.29, 0.717) is 30.9 Å². The van der Waals surface area contributed by atoms with Gasteiger partial charge in [0, 0.05) is 32.1 Å². The second-order valence-electron chi connectivity index (χ2n) is 8.45. The fourth-order valence-electron chi connectivity index (χ4n) is 5.09. The number of rotatable bonds is 5. The molecule has 0 unspecified atom stereocenters. The number of piperidine rings is 1. The Bertz CT molecular complexity index is 1000. The summed E-state index contributed by atoms with van der Waals surface area (Å²) in [6.45, 7) is 3.04. The van der Waals surface area contributed by atoms with E-state index < -0.39 is 33.6 Å². The number of cyclic esters (lactones) is 1. The molecule has 1 aromatic carbocycles. The van der Waals surface area contributed by atoms with Gasteiger partial charge in [-0.05, 0) is 30.9 Å². The maximum atomic E-state index is 15.5. The highest BCUT2D eigenvalue weighted by Gasteiger charge is 2.55. The zero-order valence-electron chi connectivity index (χ0n) is 17.6. The van der Waals surface area contributed by atoms with Crippen molar-refractivity contribution in [1.82, 2.24) is 14.9 Å². The first-order valence-corrected chi connectivity index (χ1v) is 12.2. The van der Waals surface area contributed by atoms with Crippen LogP contribution in [-0.2, 0) is 25.1 Å². The maximum Gasteiger partial charge on any atom is 0.414 e. The third-order valence-corrected chi connectivity index (χ3v) is 7.71. The predicted octanol–water partition coefficient (Wildman–Crippen LogP) is 0.757. The summed E-state index contributed by atoms with van der Waals surface area (Å²) in [5, 5.41) is 5.85. The number of carbonyl (C=O) groups excluding carboxylic acids is 2. The van der Waals surface area contributed by atoms with Crippen LogP contribution in [0.15, 0.2) is 18.2 Å². The van der Waals surface area contributed by atoms with Gasteiger partial charge >= 0.3 is 6.09 Å². The lowest BCUT2D eigenvalue weighted by atomic mass is 9.75. The topological polar surface area (TPSA) is 108 Å². The number of benzene rings is 1. The highest BCUT2D eigenvalue weighted by Crippen LogP contribution is 2.47. The minimum atomic E-state index is -3.55. The molecule has 170 valence electrons. The van der Waals surface area contributed by atoms with Crippen molar-refractivity contribution in [2.45, 2.75) is 31.4 Å². The van der Waals surface area contributed by atoms with Crippen LogP contribution in [0.2, 0.25) is 0 Å². The van der Waals surface area contributed by atoms with Gasteiger partial charge in [-0.3, -0.25) is 9.69 Å². The summed E-state index contributed by atoms with van der Waals surface area (Å²) in [5.41, 5.74) is -0.329. The third-order valence-electron chi connectivity index (χ3n) is 6.40. The predicted molar refractivity (Wildman–Crippen MR) is 112 cm³/mol. The van der Waals surface area contributed by atoms with E-state index in [9.17, 15) is 18.0 Å². The maximum absolute atomic E-state index is 15.5. The molecular formula is C20H27FN4O5S. The summed E-state index contributed by atoms with van der Waals surface area (Å²) < 4.78 is 47.3. The van der Waals surface area contributed by atoms with E-state index in [2.05, 4.69) is 10.6 Å². The van der Waals surface area contributed by atoms with Crippen molar-refractivity contribution in [3.63, 3.8) is 0 Å². The van der Waals surface area contributed by atoms with Crippen molar-refractivity contribution in [1.29, 1.82) is 0 Å². The van der Waals surface area contributed by atoms with Gasteiger partial charge in [0.1, 0.15) is 11.9 Å². The molecule has 0 aliphatic carbocycles. The van der Waals surface area contributed by atoms with Crippen LogP contribution in [0.5, 0.6) is 0 Å². The average molecular weight is 455 g/mol. The highest BCUT2D eigenvalue weighted by molar-refractivity contribution is 7.88. The SMILES string of the molecule is CC(=O)NC[C@H]1CN(c2ccc([C@@]34CNC[C@H]3CCCN4S(C)(=O)=O)c(F)c2)C(=O)O1. The van der Waals surface area contributed by atoms with E-state index >= 15 is 4.39 Å². The minimum Gasteiger partial charge on any atom is -0.442 e. The largest absolute Gasteiger partial charge is 0.442 e. The molecule has 3 atom stereocenters. The Morgan fingerprint density at radius 3 is 2.87 bits per heavy atom. The molecule has 3 aliphatic rings. The van der Waals surface area contributed by atoms with Crippen molar-refractivity contribution >= 4 is 27.7 Å². The molecule has 9 nitrogen and oxygen atoms in total. The van der Waals surface area contributed by atoms with Crippen LogP contribution in [0, 0.1) is 11.7 Å². The van der Waals surface area contributed by atoms with Crippen molar-refractivity contribution in [3.8, 4) is 0 Å². The van der Waals surface area contributed by atoms with E-state index in [-0.39, 0.29) is 24.9 Å². The minimum absolute atomic E-state index is 0.0323. The first-order valence-electron chi connectivity index (χ1n) is 10.3. The van der Waals surface area contributed by atoms with Gasteiger partial charge in [-0.2, -0.15) is 4.31 Å². The number of hydrogen-bond acceptors (Lipinski definition) is 6. The molecule has 2 amide bonds. The second-order valence-corrected chi connectivity index (χ2v) is 10.4. The Balaban J connectivity index is 1.64. The number of nitrogens with one attached hydrogen (secondary N) is 2. The van der Waals surface area contributed by atoms with E-state index in [4.69, 9.17) is 4.74 Å². The Morgan fingerprint density at radius 2 is 2.19 bits per heavy atom. The lowest BCUT2D eigenvalue weighted by Gasteiger charge is -2.47. The molecule has 31 heavy (non-hydrogen) atoms. The molecular weight excluding hydrogens is 427 g/mol. The molecule has 2 N–H and O–H groups in total. The number of halogens is 1. The first kappa shape index (κ1) is 22.0. The number of carbonyl (C=O) groups is 2. The smallest absolute Gasteiger partial charge is 0.414 e. The molecule has 0 radical (unpaired) electrons. The molecule has 3 fully saturated rings. The number of anilines is 1. The standard InChI is InChI=1S/C20H27FN4O5S/c1-13(26)23-10-16-11-24(19(27)30-16)15-5-6-17(18(21)8-15)20-12-22-9-14(20)4-3-7-25(20)31(2,28)29/h5-6,8,14,16,22H,3-4,7,9-12H2,1-2H3,(H,23,26)/t14-,16+,20-/m1/s1. The van der Waals surface area contributed by atoms with Gasteiger partial charge in [0.2, 0.25) is 15.9 Å². The monoisotopic (exact) mass is 454 g/mol. The molecule has 1 aromatic rings. The molecule has 3 heterocycles. The Hall–Kier alpha value is -2.24. The molecule has 3 saturated heterocycles.